The number of nitro groups is 1. The van der Waals surface area contributed by atoms with Gasteiger partial charge in [0.2, 0.25) is 0 Å². The van der Waals surface area contributed by atoms with Gasteiger partial charge in [0.05, 0.1) is 19.4 Å². The van der Waals surface area contributed by atoms with Crippen LogP contribution < -0.4 is 0 Å². The van der Waals surface area contributed by atoms with Crippen molar-refractivity contribution in [3.8, 4) is 0 Å². The minimum absolute atomic E-state index is 0.149. The van der Waals surface area contributed by atoms with E-state index in [4.69, 9.17) is 4.42 Å². The van der Waals surface area contributed by atoms with Crippen LogP contribution in [-0.4, -0.2) is 10.0 Å². The molecule has 0 amide bonds. The van der Waals surface area contributed by atoms with Crippen LogP contribution in [0.4, 0.5) is 5.69 Å². The van der Waals surface area contributed by atoms with E-state index in [9.17, 15) is 15.2 Å². The molecule has 1 aromatic heterocycles. The van der Waals surface area contributed by atoms with Crippen LogP contribution in [0.1, 0.15) is 17.4 Å². The predicted molar refractivity (Wildman–Crippen MR) is 71.3 cm³/mol. The highest BCUT2D eigenvalue weighted by atomic mass is 79.9. The van der Waals surface area contributed by atoms with Gasteiger partial charge in [0.15, 0.2) is 5.76 Å². The maximum Gasteiger partial charge on any atom is 0.275 e. The molecule has 2 rings (SSSR count). The summed E-state index contributed by atoms with van der Waals surface area (Å²) in [5.41, 5.74) is 0.0365. The highest BCUT2D eigenvalue weighted by Gasteiger charge is 2.26. The lowest BCUT2D eigenvalue weighted by molar-refractivity contribution is -0.386. The first-order valence-corrected chi connectivity index (χ1v) is 6.44. The van der Waals surface area contributed by atoms with E-state index in [0.717, 1.165) is 0 Å². The van der Waals surface area contributed by atoms with E-state index in [1.54, 1.807) is 12.1 Å². The Balaban J connectivity index is 2.49. The monoisotopic (exact) mass is 375 g/mol. The Morgan fingerprint density at radius 3 is 2.56 bits per heavy atom. The first-order chi connectivity index (χ1) is 8.52. The van der Waals surface area contributed by atoms with Crippen LogP contribution in [0, 0.1) is 10.1 Å². The zero-order valence-corrected chi connectivity index (χ0v) is 12.0. The van der Waals surface area contributed by atoms with E-state index in [-0.39, 0.29) is 17.0 Å². The summed E-state index contributed by atoms with van der Waals surface area (Å²) >= 11 is 6.46. The minimum atomic E-state index is -1.20. The van der Waals surface area contributed by atoms with Gasteiger partial charge in [0.25, 0.3) is 5.69 Å². The number of para-hydroxylation sites is 1. The van der Waals surface area contributed by atoms with Crippen LogP contribution in [0.2, 0.25) is 0 Å². The fraction of sp³-hybridized carbons (Fsp3) is 0.0909. The molecule has 1 heterocycles. The van der Waals surface area contributed by atoms with Gasteiger partial charge in [-0.05, 0) is 37.9 Å². The predicted octanol–water partition coefficient (Wildman–Crippen LogP) is 3.79. The normalized spacial score (nSPS) is 12.4. The van der Waals surface area contributed by atoms with Crippen molar-refractivity contribution < 1.29 is 14.4 Å². The summed E-state index contributed by atoms with van der Waals surface area (Å²) in [7, 11) is 0. The zero-order chi connectivity index (χ0) is 13.3. The van der Waals surface area contributed by atoms with Crippen LogP contribution in [0.5, 0.6) is 0 Å². The molecule has 1 aromatic carbocycles. The average Bonchev–Trinajstić information content (AvgIpc) is 2.69. The van der Waals surface area contributed by atoms with Crippen molar-refractivity contribution in [3.05, 3.63) is 60.9 Å². The molecular weight excluding hydrogens is 370 g/mol. The minimum Gasteiger partial charge on any atom is -0.464 e. The number of benzene rings is 1. The van der Waals surface area contributed by atoms with E-state index < -0.39 is 11.0 Å². The molecule has 0 spiro atoms. The maximum atomic E-state index is 10.9. The van der Waals surface area contributed by atoms with E-state index in [2.05, 4.69) is 31.9 Å². The van der Waals surface area contributed by atoms with Crippen molar-refractivity contribution in [3.63, 3.8) is 0 Å². The summed E-state index contributed by atoms with van der Waals surface area (Å²) in [6, 6.07) is 6.00. The lowest BCUT2D eigenvalue weighted by Crippen LogP contribution is -2.03. The number of rotatable bonds is 3. The maximum absolute atomic E-state index is 10.9. The van der Waals surface area contributed by atoms with Gasteiger partial charge in [-0.2, -0.15) is 0 Å². The molecule has 1 atom stereocenters. The second-order valence-corrected chi connectivity index (χ2v) is 5.13. The van der Waals surface area contributed by atoms with Crippen molar-refractivity contribution in [2.75, 3.05) is 0 Å². The van der Waals surface area contributed by atoms with E-state index in [0.29, 0.717) is 8.95 Å². The van der Waals surface area contributed by atoms with E-state index >= 15 is 0 Å². The standard InChI is InChI=1S/C11H7Br2NO4/c12-7-5-18-11(9(7)13)10(15)6-3-1-2-4-8(6)14(16)17/h1-5,10,15H. The summed E-state index contributed by atoms with van der Waals surface area (Å²) in [6.07, 6.45) is 0.199. The van der Waals surface area contributed by atoms with E-state index in [1.165, 1.54) is 18.4 Å². The molecule has 0 saturated heterocycles. The molecule has 7 heteroatoms. The summed E-state index contributed by atoms with van der Waals surface area (Å²) in [5, 5.41) is 21.1. The van der Waals surface area contributed by atoms with Crippen LogP contribution >= 0.6 is 31.9 Å². The molecule has 1 N–H and O–H groups in total. The smallest absolute Gasteiger partial charge is 0.275 e. The SMILES string of the molecule is O=[N+]([O-])c1ccccc1C(O)c1occ(Br)c1Br. The van der Waals surface area contributed by atoms with Crippen molar-refractivity contribution in [1.82, 2.24) is 0 Å². The molecule has 0 bridgehead atoms. The summed E-state index contributed by atoms with van der Waals surface area (Å²) in [4.78, 5) is 10.4. The Labute approximate surface area is 119 Å². The van der Waals surface area contributed by atoms with Gasteiger partial charge in [-0.1, -0.05) is 12.1 Å². The molecule has 5 nitrogen and oxygen atoms in total. The third-order valence-corrected chi connectivity index (χ3v) is 4.33. The summed E-state index contributed by atoms with van der Waals surface area (Å²) < 4.78 is 6.35. The summed E-state index contributed by atoms with van der Waals surface area (Å²) in [5.74, 6) is 0.219. The molecule has 0 aliphatic rings. The average molecular weight is 377 g/mol. The Hall–Kier alpha value is -1.18. The Morgan fingerprint density at radius 2 is 2.00 bits per heavy atom. The second kappa shape index (κ2) is 5.21. The van der Waals surface area contributed by atoms with Gasteiger partial charge >= 0.3 is 0 Å². The van der Waals surface area contributed by atoms with Gasteiger partial charge in [-0.3, -0.25) is 10.1 Å². The van der Waals surface area contributed by atoms with Gasteiger partial charge in [-0.15, -0.1) is 0 Å². The number of hydrogen-bond acceptors (Lipinski definition) is 4. The topological polar surface area (TPSA) is 76.5 Å². The number of aliphatic hydroxyl groups excluding tert-OH is 1. The molecular formula is C11H7Br2NO4. The lowest BCUT2D eigenvalue weighted by atomic mass is 10.1. The highest BCUT2D eigenvalue weighted by Crippen LogP contribution is 2.37. The second-order valence-electron chi connectivity index (χ2n) is 3.48. The molecule has 0 aliphatic carbocycles. The molecule has 18 heavy (non-hydrogen) atoms. The number of furan rings is 1. The number of hydrogen-bond donors (Lipinski definition) is 1. The molecule has 1 unspecified atom stereocenters. The van der Waals surface area contributed by atoms with Gasteiger partial charge in [0.1, 0.15) is 12.4 Å². The van der Waals surface area contributed by atoms with Crippen LogP contribution in [0.15, 0.2) is 43.9 Å². The number of nitrogens with zero attached hydrogens (tertiary/aromatic N) is 1. The highest BCUT2D eigenvalue weighted by molar-refractivity contribution is 9.13. The largest absolute Gasteiger partial charge is 0.464 e. The zero-order valence-electron chi connectivity index (χ0n) is 8.84. The molecule has 0 fully saturated rings. The molecule has 2 aromatic rings. The number of aliphatic hydroxyl groups is 1. The quantitative estimate of drug-likeness (QED) is 0.653. The summed E-state index contributed by atoms with van der Waals surface area (Å²) in [6.45, 7) is 0. The van der Waals surface area contributed by atoms with Gasteiger partial charge in [0, 0.05) is 6.07 Å². The Bertz CT molecular complexity index is 596. The number of halogens is 2. The van der Waals surface area contributed by atoms with E-state index in [1.807, 2.05) is 0 Å². The van der Waals surface area contributed by atoms with Crippen LogP contribution in [0.3, 0.4) is 0 Å². The molecule has 94 valence electrons. The fourth-order valence-corrected chi connectivity index (χ4v) is 2.24. The Kier molecular flexibility index (Phi) is 3.84. The van der Waals surface area contributed by atoms with Gasteiger partial charge in [-0.25, -0.2) is 0 Å². The molecule has 0 aliphatic heterocycles. The fourth-order valence-electron chi connectivity index (χ4n) is 1.55. The molecule has 0 radical (unpaired) electrons. The van der Waals surface area contributed by atoms with Crippen molar-refractivity contribution in [2.45, 2.75) is 6.10 Å². The number of nitro benzene ring substituents is 1. The van der Waals surface area contributed by atoms with Crippen LogP contribution in [-0.2, 0) is 0 Å². The first kappa shape index (κ1) is 13.3. The van der Waals surface area contributed by atoms with Crippen molar-refractivity contribution in [2.24, 2.45) is 0 Å². The third-order valence-electron chi connectivity index (χ3n) is 2.39. The molecule has 0 saturated carbocycles. The van der Waals surface area contributed by atoms with Crippen LogP contribution in [0.25, 0.3) is 0 Å². The van der Waals surface area contributed by atoms with Crippen molar-refractivity contribution >= 4 is 37.5 Å². The lowest BCUT2D eigenvalue weighted by Gasteiger charge is -2.09. The Morgan fingerprint density at radius 1 is 1.33 bits per heavy atom. The third kappa shape index (κ3) is 2.33. The van der Waals surface area contributed by atoms with Gasteiger partial charge < -0.3 is 9.52 Å². The first-order valence-electron chi connectivity index (χ1n) is 4.86. The van der Waals surface area contributed by atoms with Crippen molar-refractivity contribution in [1.29, 1.82) is 0 Å².